The molecule has 2 rings (SSSR count). The van der Waals surface area contributed by atoms with Crippen LogP contribution in [0, 0.1) is 18.3 Å². The first-order valence-electron chi connectivity index (χ1n) is 7.00. The topological polar surface area (TPSA) is 92.3 Å². The van der Waals surface area contributed by atoms with Crippen LogP contribution in [0.4, 0.5) is 0 Å². The van der Waals surface area contributed by atoms with E-state index in [1.165, 1.54) is 12.3 Å². The number of nitriles is 1. The molecule has 0 aromatic carbocycles. The number of rotatable bonds is 4. The Morgan fingerprint density at radius 1 is 1.43 bits per heavy atom. The molecule has 0 bridgehead atoms. The van der Waals surface area contributed by atoms with Crippen molar-refractivity contribution in [1.82, 2.24) is 5.32 Å². The number of aryl methyl sites for hydroxylation is 1. The second kappa shape index (κ2) is 6.44. The molecular weight excluding hydrogens is 272 g/mol. The molecule has 6 nitrogen and oxygen atoms in total. The highest BCUT2D eigenvalue weighted by Gasteiger charge is 2.33. The minimum absolute atomic E-state index is 0.301. The number of esters is 1. The fourth-order valence-corrected chi connectivity index (χ4v) is 2.53. The summed E-state index contributed by atoms with van der Waals surface area (Å²) in [6.07, 6.45) is 5.59. The molecule has 0 aliphatic heterocycles. The van der Waals surface area contributed by atoms with E-state index in [2.05, 4.69) is 11.4 Å². The van der Waals surface area contributed by atoms with Crippen LogP contribution in [0.2, 0.25) is 0 Å². The molecule has 0 saturated heterocycles. The Hall–Kier alpha value is -2.29. The Bertz CT molecular complexity index is 564. The minimum Gasteiger partial charge on any atom is -0.469 e. The highest BCUT2D eigenvalue weighted by Crippen LogP contribution is 2.27. The van der Waals surface area contributed by atoms with Crippen molar-refractivity contribution in [3.63, 3.8) is 0 Å². The monoisotopic (exact) mass is 290 g/mol. The van der Waals surface area contributed by atoms with Gasteiger partial charge < -0.3 is 14.5 Å². The van der Waals surface area contributed by atoms with Crippen LogP contribution in [-0.2, 0) is 9.53 Å². The fourth-order valence-electron chi connectivity index (χ4n) is 2.53. The van der Waals surface area contributed by atoms with Crippen LogP contribution in [0.1, 0.15) is 48.2 Å². The van der Waals surface area contributed by atoms with Crippen molar-refractivity contribution >= 4 is 11.9 Å². The molecule has 1 fully saturated rings. The van der Waals surface area contributed by atoms with Crippen molar-refractivity contribution in [2.24, 2.45) is 0 Å². The zero-order valence-corrected chi connectivity index (χ0v) is 12.0. The molecule has 21 heavy (non-hydrogen) atoms. The second-order valence-corrected chi connectivity index (χ2v) is 5.27. The zero-order chi connectivity index (χ0) is 15.3. The number of hydrogen-bond donors (Lipinski definition) is 1. The van der Waals surface area contributed by atoms with E-state index in [4.69, 9.17) is 9.15 Å². The van der Waals surface area contributed by atoms with E-state index in [1.54, 1.807) is 6.92 Å². The van der Waals surface area contributed by atoms with Crippen molar-refractivity contribution in [2.75, 3.05) is 6.61 Å². The Kier molecular flexibility index (Phi) is 4.63. The summed E-state index contributed by atoms with van der Waals surface area (Å²) in [5, 5.41) is 12.0. The van der Waals surface area contributed by atoms with Crippen molar-refractivity contribution < 1.29 is 18.7 Å². The van der Waals surface area contributed by atoms with E-state index in [0.717, 1.165) is 19.3 Å². The van der Waals surface area contributed by atoms with Gasteiger partial charge in [0.2, 0.25) is 0 Å². The summed E-state index contributed by atoms with van der Waals surface area (Å²) in [4.78, 5) is 23.6. The first kappa shape index (κ1) is 15.1. The maximum absolute atomic E-state index is 11.9. The lowest BCUT2D eigenvalue weighted by molar-refractivity contribution is -0.125. The van der Waals surface area contributed by atoms with Crippen molar-refractivity contribution in [2.45, 2.75) is 44.6 Å². The minimum atomic E-state index is -0.812. The van der Waals surface area contributed by atoms with Gasteiger partial charge in [-0.3, -0.25) is 4.79 Å². The molecule has 0 spiro atoms. The number of hydrogen-bond acceptors (Lipinski definition) is 5. The quantitative estimate of drug-likeness (QED) is 0.857. The molecule has 0 radical (unpaired) electrons. The molecule has 1 saturated carbocycles. The predicted octanol–water partition coefficient (Wildman–Crippen LogP) is 2.09. The number of nitrogens with zero attached hydrogens (tertiary/aromatic N) is 1. The maximum atomic E-state index is 11.9. The fraction of sp³-hybridized carbons (Fsp3) is 0.533. The number of amides is 1. The number of carbonyl (C=O) groups is 2. The van der Waals surface area contributed by atoms with Gasteiger partial charge in [-0.1, -0.05) is 19.3 Å². The SMILES string of the molecule is Cc1occc1C(=O)OCC(=O)NC1(C#N)CCCCC1. The van der Waals surface area contributed by atoms with Gasteiger partial charge in [0.25, 0.3) is 5.91 Å². The molecule has 1 aromatic heterocycles. The third-order valence-electron chi connectivity index (χ3n) is 3.71. The Balaban J connectivity index is 1.86. The molecular formula is C15H18N2O4. The first-order chi connectivity index (χ1) is 10.1. The Morgan fingerprint density at radius 3 is 2.71 bits per heavy atom. The highest BCUT2D eigenvalue weighted by atomic mass is 16.5. The zero-order valence-electron chi connectivity index (χ0n) is 12.0. The van der Waals surface area contributed by atoms with Crippen LogP contribution in [0.25, 0.3) is 0 Å². The van der Waals surface area contributed by atoms with Crippen molar-refractivity contribution in [3.8, 4) is 6.07 Å². The van der Waals surface area contributed by atoms with Crippen molar-refractivity contribution in [3.05, 3.63) is 23.7 Å². The van der Waals surface area contributed by atoms with Gasteiger partial charge in [0, 0.05) is 0 Å². The maximum Gasteiger partial charge on any atom is 0.342 e. The summed E-state index contributed by atoms with van der Waals surface area (Å²) >= 11 is 0. The smallest absolute Gasteiger partial charge is 0.342 e. The van der Waals surface area contributed by atoms with Gasteiger partial charge >= 0.3 is 5.97 Å². The van der Waals surface area contributed by atoms with Crippen LogP contribution < -0.4 is 5.32 Å². The lowest BCUT2D eigenvalue weighted by Gasteiger charge is -2.31. The third kappa shape index (κ3) is 3.63. The first-order valence-corrected chi connectivity index (χ1v) is 7.00. The van der Waals surface area contributed by atoms with Gasteiger partial charge in [0.15, 0.2) is 6.61 Å². The number of nitrogens with one attached hydrogen (secondary N) is 1. The van der Waals surface area contributed by atoms with E-state index in [-0.39, 0.29) is 0 Å². The average Bonchev–Trinajstić information content (AvgIpc) is 2.92. The van der Waals surface area contributed by atoms with Crippen LogP contribution >= 0.6 is 0 Å². The molecule has 1 N–H and O–H groups in total. The molecule has 6 heteroatoms. The van der Waals surface area contributed by atoms with Crippen LogP contribution in [0.5, 0.6) is 0 Å². The van der Waals surface area contributed by atoms with Gasteiger partial charge in [-0.15, -0.1) is 0 Å². The summed E-state index contributed by atoms with van der Waals surface area (Å²) < 4.78 is 9.94. The van der Waals surface area contributed by atoms with Crippen LogP contribution in [0.15, 0.2) is 16.7 Å². The van der Waals surface area contributed by atoms with Crippen molar-refractivity contribution in [1.29, 1.82) is 5.26 Å². The van der Waals surface area contributed by atoms with E-state index in [9.17, 15) is 14.9 Å². The molecule has 1 heterocycles. The molecule has 1 amide bonds. The molecule has 1 aliphatic carbocycles. The van der Waals surface area contributed by atoms with E-state index < -0.39 is 24.0 Å². The summed E-state index contributed by atoms with van der Waals surface area (Å²) in [6.45, 7) is 1.25. The summed E-state index contributed by atoms with van der Waals surface area (Å²) in [6, 6.07) is 3.68. The van der Waals surface area contributed by atoms with Gasteiger partial charge in [0.05, 0.1) is 12.3 Å². The summed E-state index contributed by atoms with van der Waals surface area (Å²) in [7, 11) is 0. The molecule has 0 unspecified atom stereocenters. The highest BCUT2D eigenvalue weighted by molar-refractivity contribution is 5.92. The van der Waals surface area contributed by atoms with Gasteiger partial charge in [-0.2, -0.15) is 5.26 Å². The lowest BCUT2D eigenvalue weighted by atomic mass is 9.83. The largest absolute Gasteiger partial charge is 0.469 e. The van der Waals surface area contributed by atoms with Gasteiger partial charge in [-0.25, -0.2) is 4.79 Å². The van der Waals surface area contributed by atoms with E-state index in [0.29, 0.717) is 24.2 Å². The van der Waals surface area contributed by atoms with Gasteiger partial charge in [-0.05, 0) is 25.8 Å². The second-order valence-electron chi connectivity index (χ2n) is 5.27. The van der Waals surface area contributed by atoms with E-state index >= 15 is 0 Å². The Labute approximate surface area is 123 Å². The summed E-state index contributed by atoms with van der Waals surface area (Å²) in [5.41, 5.74) is -0.511. The lowest BCUT2D eigenvalue weighted by Crippen LogP contribution is -2.50. The third-order valence-corrected chi connectivity index (χ3v) is 3.71. The molecule has 0 atom stereocenters. The normalized spacial score (nSPS) is 16.8. The Morgan fingerprint density at radius 2 is 2.14 bits per heavy atom. The predicted molar refractivity (Wildman–Crippen MR) is 73.3 cm³/mol. The van der Waals surface area contributed by atoms with Crippen LogP contribution in [0.3, 0.4) is 0 Å². The summed E-state index contributed by atoms with van der Waals surface area (Å²) in [5.74, 6) is -0.611. The standard InChI is InChI=1S/C15H18N2O4/c1-11-12(5-8-20-11)14(19)21-9-13(18)17-15(10-16)6-3-2-4-7-15/h5,8H,2-4,6-7,9H2,1H3,(H,17,18). The van der Waals surface area contributed by atoms with E-state index in [1.807, 2.05) is 0 Å². The van der Waals surface area contributed by atoms with Gasteiger partial charge in [0.1, 0.15) is 16.9 Å². The van der Waals surface area contributed by atoms with Crippen LogP contribution in [-0.4, -0.2) is 24.0 Å². The number of furan rings is 1. The number of carbonyl (C=O) groups excluding carboxylic acids is 2. The number of ether oxygens (including phenoxy) is 1. The molecule has 1 aromatic rings. The molecule has 1 aliphatic rings. The average molecular weight is 290 g/mol. The molecule has 112 valence electrons.